The van der Waals surface area contributed by atoms with Crippen LogP contribution in [0.2, 0.25) is 0 Å². The van der Waals surface area contributed by atoms with Crippen LogP contribution in [0.25, 0.3) is 33.5 Å². The van der Waals surface area contributed by atoms with Gasteiger partial charge in [0.15, 0.2) is 5.82 Å². The molecule has 5 aromatic rings. The molecule has 3 heterocycles. The van der Waals surface area contributed by atoms with Crippen molar-refractivity contribution < 1.29 is 13.9 Å². The van der Waals surface area contributed by atoms with Gasteiger partial charge in [0.05, 0.1) is 35.0 Å². The summed E-state index contributed by atoms with van der Waals surface area (Å²) >= 11 is 0. The van der Waals surface area contributed by atoms with Crippen LogP contribution < -0.4 is 15.0 Å². The topological polar surface area (TPSA) is 88.4 Å². The monoisotopic (exact) mass is 579 g/mol. The molecule has 220 valence electrons. The Morgan fingerprint density at radius 3 is 2.51 bits per heavy atom. The summed E-state index contributed by atoms with van der Waals surface area (Å²) in [5.41, 5.74) is 4.64. The highest BCUT2D eigenvalue weighted by Crippen LogP contribution is 2.42. The average Bonchev–Trinajstić information content (AvgIpc) is 3.37. The van der Waals surface area contributed by atoms with E-state index in [4.69, 9.17) is 9.84 Å². The largest absolute Gasteiger partial charge is 0.496 e. The number of ether oxygens (including phenoxy) is 1. The molecule has 1 aliphatic heterocycles. The summed E-state index contributed by atoms with van der Waals surface area (Å²) in [5.74, 6) is -0.595. The van der Waals surface area contributed by atoms with Gasteiger partial charge in [-0.15, -0.1) is 0 Å². The minimum atomic E-state index is -0.532. The summed E-state index contributed by atoms with van der Waals surface area (Å²) in [4.78, 5) is 27.0. The van der Waals surface area contributed by atoms with Crippen molar-refractivity contribution >= 4 is 28.2 Å². The number of carbonyl (C=O) groups is 1. The van der Waals surface area contributed by atoms with Crippen LogP contribution in [0.3, 0.4) is 0 Å². The van der Waals surface area contributed by atoms with E-state index in [0.717, 1.165) is 53.8 Å². The maximum Gasteiger partial charge on any atom is 0.274 e. The number of rotatable bonds is 7. The Hall–Kier alpha value is -4.83. The van der Waals surface area contributed by atoms with Crippen LogP contribution in [0.1, 0.15) is 23.3 Å². The lowest BCUT2D eigenvalue weighted by Gasteiger charge is -2.37. The second-order valence-corrected chi connectivity index (χ2v) is 10.9. The van der Waals surface area contributed by atoms with Crippen LogP contribution >= 0.6 is 0 Å². The van der Waals surface area contributed by atoms with Crippen molar-refractivity contribution in [1.82, 2.24) is 24.6 Å². The molecule has 0 unspecified atom stereocenters. The first kappa shape index (κ1) is 28.3. The number of piperidine rings is 1. The number of anilines is 2. The molecule has 10 heteroatoms. The Bertz CT molecular complexity index is 1780. The molecule has 2 aromatic heterocycles. The van der Waals surface area contributed by atoms with E-state index in [1.165, 1.54) is 25.4 Å². The van der Waals surface area contributed by atoms with E-state index >= 15 is 0 Å². The zero-order valence-electron chi connectivity index (χ0n) is 24.7. The first-order valence-electron chi connectivity index (χ1n) is 14.3. The van der Waals surface area contributed by atoms with Crippen LogP contribution in [-0.2, 0) is 7.05 Å². The summed E-state index contributed by atoms with van der Waals surface area (Å²) in [6, 6.07) is 20.5. The summed E-state index contributed by atoms with van der Waals surface area (Å²) in [6.45, 7) is 1.66. The lowest BCUT2D eigenvalue weighted by Crippen LogP contribution is -2.42. The summed E-state index contributed by atoms with van der Waals surface area (Å²) in [6.07, 6.45) is 3.45. The summed E-state index contributed by atoms with van der Waals surface area (Å²) in [5, 5.41) is 9.01. The Labute approximate surface area is 249 Å². The molecule has 3 aromatic carbocycles. The highest BCUT2D eigenvalue weighted by molar-refractivity contribution is 6.12. The number of nitrogens with zero attached hydrogens (tertiary/aromatic N) is 6. The van der Waals surface area contributed by atoms with Crippen molar-refractivity contribution in [2.24, 2.45) is 7.05 Å². The van der Waals surface area contributed by atoms with E-state index in [9.17, 15) is 9.18 Å². The standard InChI is InChI=1S/C33H34FN7O2/c1-39(2)22-16-19-41(20-17-22)31-24(13-14-26-29(31)30(38-40(26)3)21-9-6-5-7-10-21)37-33(42)25-15-18-35-32(36-25)28-23(34)11-8-12-27(28)43-4/h5-15,18,22H,16-17,19-20H2,1-4H3,(H,37,42). The molecule has 0 atom stereocenters. The normalized spacial score (nSPS) is 14.0. The zero-order chi connectivity index (χ0) is 30.1. The second-order valence-electron chi connectivity index (χ2n) is 10.9. The number of aromatic nitrogens is 4. The van der Waals surface area contributed by atoms with Crippen LogP contribution in [0.15, 0.2) is 72.9 Å². The molecule has 1 aliphatic rings. The SMILES string of the molecule is COc1cccc(F)c1-c1nccc(C(=O)Nc2ccc3c(c(-c4ccccc4)nn3C)c2N2CCC(N(C)C)CC2)n1. The smallest absolute Gasteiger partial charge is 0.274 e. The number of hydrogen-bond acceptors (Lipinski definition) is 7. The van der Waals surface area contributed by atoms with Gasteiger partial charge in [-0.3, -0.25) is 9.48 Å². The Balaban J connectivity index is 1.43. The van der Waals surface area contributed by atoms with Crippen molar-refractivity contribution in [2.45, 2.75) is 18.9 Å². The molecule has 43 heavy (non-hydrogen) atoms. The van der Waals surface area contributed by atoms with E-state index in [0.29, 0.717) is 11.7 Å². The van der Waals surface area contributed by atoms with Crippen LogP contribution in [-0.4, -0.2) is 70.9 Å². The van der Waals surface area contributed by atoms with Crippen molar-refractivity contribution in [3.8, 4) is 28.4 Å². The lowest BCUT2D eigenvalue weighted by atomic mass is 10.00. The third-order valence-electron chi connectivity index (χ3n) is 8.10. The van der Waals surface area contributed by atoms with Gasteiger partial charge in [-0.05, 0) is 57.3 Å². The van der Waals surface area contributed by atoms with Gasteiger partial charge < -0.3 is 19.9 Å². The van der Waals surface area contributed by atoms with Crippen LogP contribution in [0.5, 0.6) is 5.75 Å². The molecular formula is C33H34FN7O2. The molecule has 6 rings (SSSR count). The molecule has 1 N–H and O–H groups in total. The number of methoxy groups -OCH3 is 1. The van der Waals surface area contributed by atoms with Gasteiger partial charge in [0.25, 0.3) is 5.91 Å². The van der Waals surface area contributed by atoms with Crippen molar-refractivity contribution in [2.75, 3.05) is 44.5 Å². The molecule has 0 aliphatic carbocycles. The van der Waals surface area contributed by atoms with E-state index in [1.807, 2.05) is 42.1 Å². The molecule has 9 nitrogen and oxygen atoms in total. The van der Waals surface area contributed by atoms with Gasteiger partial charge in [0.1, 0.15) is 23.0 Å². The Kier molecular flexibility index (Phi) is 7.77. The maximum absolute atomic E-state index is 14.8. The first-order chi connectivity index (χ1) is 20.9. The number of fused-ring (bicyclic) bond motifs is 1. The highest BCUT2D eigenvalue weighted by atomic mass is 19.1. The van der Waals surface area contributed by atoms with E-state index in [2.05, 4.69) is 51.3 Å². The predicted molar refractivity (Wildman–Crippen MR) is 167 cm³/mol. The zero-order valence-corrected chi connectivity index (χ0v) is 24.7. The number of hydrogen-bond donors (Lipinski definition) is 1. The van der Waals surface area contributed by atoms with Gasteiger partial charge in [-0.25, -0.2) is 14.4 Å². The second kappa shape index (κ2) is 11.8. The van der Waals surface area contributed by atoms with Gasteiger partial charge >= 0.3 is 0 Å². The first-order valence-corrected chi connectivity index (χ1v) is 14.3. The quantitative estimate of drug-likeness (QED) is 0.268. The van der Waals surface area contributed by atoms with Crippen molar-refractivity contribution in [3.05, 3.63) is 84.4 Å². The Morgan fingerprint density at radius 1 is 1.02 bits per heavy atom. The number of nitrogens with one attached hydrogen (secondary N) is 1. The molecule has 1 amide bonds. The minimum Gasteiger partial charge on any atom is -0.496 e. The number of carbonyl (C=O) groups excluding carboxylic acids is 1. The molecule has 0 spiro atoms. The van der Waals surface area contributed by atoms with Gasteiger partial charge in [0.2, 0.25) is 0 Å². The third kappa shape index (κ3) is 5.41. The highest BCUT2D eigenvalue weighted by Gasteiger charge is 2.28. The van der Waals surface area contributed by atoms with Crippen LogP contribution in [0, 0.1) is 5.82 Å². The molecule has 1 fully saturated rings. The molecule has 1 saturated heterocycles. The maximum atomic E-state index is 14.8. The van der Waals surface area contributed by atoms with Crippen molar-refractivity contribution in [1.29, 1.82) is 0 Å². The van der Waals surface area contributed by atoms with Crippen LogP contribution in [0.4, 0.5) is 15.8 Å². The van der Waals surface area contributed by atoms with Gasteiger partial charge in [-0.1, -0.05) is 36.4 Å². The average molecular weight is 580 g/mol. The number of aryl methyl sites for hydroxylation is 1. The summed E-state index contributed by atoms with van der Waals surface area (Å²) < 4.78 is 22.0. The molecule has 0 radical (unpaired) electrons. The van der Waals surface area contributed by atoms with E-state index in [1.54, 1.807) is 12.1 Å². The number of amides is 1. The van der Waals surface area contributed by atoms with E-state index < -0.39 is 11.7 Å². The third-order valence-corrected chi connectivity index (χ3v) is 8.10. The minimum absolute atomic E-state index is 0.0719. The fourth-order valence-electron chi connectivity index (χ4n) is 5.85. The van der Waals surface area contributed by atoms with Gasteiger partial charge in [0, 0.05) is 37.9 Å². The predicted octanol–water partition coefficient (Wildman–Crippen LogP) is 5.63. The number of benzene rings is 3. The molecule has 0 bridgehead atoms. The fourth-order valence-corrected chi connectivity index (χ4v) is 5.85. The van der Waals surface area contributed by atoms with Gasteiger partial charge in [-0.2, -0.15) is 5.10 Å². The molecular weight excluding hydrogens is 545 g/mol. The fraction of sp³-hybridized carbons (Fsp3) is 0.273. The Morgan fingerprint density at radius 2 is 1.79 bits per heavy atom. The molecule has 0 saturated carbocycles. The number of halogens is 1. The lowest BCUT2D eigenvalue weighted by molar-refractivity contribution is 0.102. The summed E-state index contributed by atoms with van der Waals surface area (Å²) in [7, 11) is 7.63. The van der Waals surface area contributed by atoms with Crippen molar-refractivity contribution in [3.63, 3.8) is 0 Å². The van der Waals surface area contributed by atoms with E-state index in [-0.39, 0.29) is 22.8 Å².